The minimum Gasteiger partial charge on any atom is -0.325 e. The van der Waals surface area contributed by atoms with Crippen LogP contribution in [0.15, 0.2) is 42.5 Å². The highest BCUT2D eigenvalue weighted by atomic mass is 16.2. The van der Waals surface area contributed by atoms with Crippen LogP contribution in [0, 0.1) is 0 Å². The fourth-order valence-corrected chi connectivity index (χ4v) is 3.22. The molecule has 0 aliphatic carbocycles. The van der Waals surface area contributed by atoms with Crippen LogP contribution in [0.25, 0.3) is 0 Å². The number of carbonyl (C=O) groups is 4. The zero-order valence-corrected chi connectivity index (χ0v) is 13.9. The molecule has 0 saturated heterocycles. The van der Waals surface area contributed by atoms with Crippen molar-refractivity contribution in [1.82, 2.24) is 4.90 Å². The molecular weight excluding hydrogens is 334 g/mol. The van der Waals surface area contributed by atoms with Crippen molar-refractivity contribution in [2.45, 2.75) is 12.8 Å². The van der Waals surface area contributed by atoms with Crippen molar-refractivity contribution < 1.29 is 19.2 Å². The Morgan fingerprint density at radius 3 is 2.38 bits per heavy atom. The first-order valence-electron chi connectivity index (χ1n) is 8.15. The molecule has 2 aromatic carbocycles. The molecule has 0 radical (unpaired) electrons. The summed E-state index contributed by atoms with van der Waals surface area (Å²) < 4.78 is 0. The number of hydrogen-bond donors (Lipinski definition) is 2. The molecule has 2 N–H and O–H groups in total. The SMILES string of the molecule is CC1C(=O)Nc2ccc(NC(=O)CN3C(=O)c4ccccc4C3=O)cc21. The van der Waals surface area contributed by atoms with Crippen LogP contribution in [-0.4, -0.2) is 35.1 Å². The molecule has 7 nitrogen and oxygen atoms in total. The number of hydrogen-bond acceptors (Lipinski definition) is 4. The lowest BCUT2D eigenvalue weighted by atomic mass is 10.0. The summed E-state index contributed by atoms with van der Waals surface area (Å²) >= 11 is 0. The van der Waals surface area contributed by atoms with Crippen LogP contribution in [0.3, 0.4) is 0 Å². The molecule has 2 aliphatic heterocycles. The van der Waals surface area contributed by atoms with E-state index in [-0.39, 0.29) is 18.4 Å². The standard InChI is InChI=1S/C19H15N3O4/c1-10-14-8-11(6-7-15(14)21-17(10)24)20-16(23)9-22-18(25)12-4-2-3-5-13(12)19(22)26/h2-8,10H,9H2,1H3,(H,20,23)(H,21,24). The summed E-state index contributed by atoms with van der Waals surface area (Å²) in [5, 5.41) is 5.44. The average Bonchev–Trinajstić information content (AvgIpc) is 3.04. The van der Waals surface area contributed by atoms with Gasteiger partial charge in [0.25, 0.3) is 11.8 Å². The Balaban J connectivity index is 1.48. The van der Waals surface area contributed by atoms with Crippen molar-refractivity contribution in [2.24, 2.45) is 0 Å². The molecule has 2 aromatic rings. The molecule has 0 spiro atoms. The second-order valence-corrected chi connectivity index (χ2v) is 6.30. The molecule has 0 bridgehead atoms. The van der Waals surface area contributed by atoms with Crippen LogP contribution >= 0.6 is 0 Å². The summed E-state index contributed by atoms with van der Waals surface area (Å²) in [4.78, 5) is 49.6. The van der Waals surface area contributed by atoms with E-state index in [1.54, 1.807) is 49.4 Å². The molecule has 7 heteroatoms. The second-order valence-electron chi connectivity index (χ2n) is 6.30. The molecule has 2 aliphatic rings. The van der Waals surface area contributed by atoms with Gasteiger partial charge in [0.15, 0.2) is 0 Å². The van der Waals surface area contributed by atoms with Crippen molar-refractivity contribution >= 4 is 35.0 Å². The quantitative estimate of drug-likeness (QED) is 0.828. The second kappa shape index (κ2) is 5.80. The summed E-state index contributed by atoms with van der Waals surface area (Å²) in [6.07, 6.45) is 0. The molecule has 4 rings (SSSR count). The van der Waals surface area contributed by atoms with Crippen molar-refractivity contribution in [3.63, 3.8) is 0 Å². The first-order chi connectivity index (χ1) is 12.5. The van der Waals surface area contributed by atoms with E-state index in [1.165, 1.54) is 0 Å². The Hall–Kier alpha value is -3.48. The molecule has 0 saturated carbocycles. The van der Waals surface area contributed by atoms with Crippen LogP contribution in [-0.2, 0) is 9.59 Å². The summed E-state index contributed by atoms with van der Waals surface area (Å²) in [6, 6.07) is 11.6. The van der Waals surface area contributed by atoms with E-state index >= 15 is 0 Å². The fourth-order valence-electron chi connectivity index (χ4n) is 3.22. The third-order valence-corrected chi connectivity index (χ3v) is 4.63. The van der Waals surface area contributed by atoms with Gasteiger partial charge >= 0.3 is 0 Å². The lowest BCUT2D eigenvalue weighted by Gasteiger charge is -2.14. The van der Waals surface area contributed by atoms with Gasteiger partial charge in [0.2, 0.25) is 11.8 Å². The highest BCUT2D eigenvalue weighted by Crippen LogP contribution is 2.34. The molecule has 26 heavy (non-hydrogen) atoms. The number of nitrogens with zero attached hydrogens (tertiary/aromatic N) is 1. The van der Waals surface area contributed by atoms with Gasteiger partial charge in [-0.25, -0.2) is 0 Å². The zero-order chi connectivity index (χ0) is 18.4. The lowest BCUT2D eigenvalue weighted by molar-refractivity contribution is -0.117. The molecule has 4 amide bonds. The van der Waals surface area contributed by atoms with Gasteiger partial charge in [0.05, 0.1) is 17.0 Å². The van der Waals surface area contributed by atoms with Gasteiger partial charge in [0, 0.05) is 11.4 Å². The maximum atomic E-state index is 12.3. The van der Waals surface area contributed by atoms with Gasteiger partial charge in [-0.15, -0.1) is 0 Å². The maximum Gasteiger partial charge on any atom is 0.262 e. The third-order valence-electron chi connectivity index (χ3n) is 4.63. The average molecular weight is 349 g/mol. The van der Waals surface area contributed by atoms with Crippen LogP contribution in [0.4, 0.5) is 11.4 Å². The van der Waals surface area contributed by atoms with Crippen molar-refractivity contribution in [3.8, 4) is 0 Å². The highest BCUT2D eigenvalue weighted by molar-refractivity contribution is 6.22. The first kappa shape index (κ1) is 16.0. The Bertz CT molecular complexity index is 947. The van der Waals surface area contributed by atoms with E-state index in [4.69, 9.17) is 0 Å². The first-order valence-corrected chi connectivity index (χ1v) is 8.15. The molecule has 130 valence electrons. The van der Waals surface area contributed by atoms with E-state index in [0.717, 1.165) is 16.2 Å². The third kappa shape index (κ3) is 2.45. The van der Waals surface area contributed by atoms with Gasteiger partial charge in [-0.3, -0.25) is 24.1 Å². The number of rotatable bonds is 3. The zero-order valence-electron chi connectivity index (χ0n) is 13.9. The molecule has 2 heterocycles. The summed E-state index contributed by atoms with van der Waals surface area (Å²) in [7, 11) is 0. The normalized spacial score (nSPS) is 17.8. The minimum atomic E-state index is -0.482. The predicted octanol–water partition coefficient (Wildman–Crippen LogP) is 1.98. The molecule has 0 aromatic heterocycles. The topological polar surface area (TPSA) is 95.6 Å². The molecular formula is C19H15N3O4. The summed E-state index contributed by atoms with van der Waals surface area (Å²) in [5.41, 5.74) is 2.64. The van der Waals surface area contributed by atoms with Crippen molar-refractivity contribution in [2.75, 3.05) is 17.2 Å². The number of carbonyl (C=O) groups excluding carboxylic acids is 4. The highest BCUT2D eigenvalue weighted by Gasteiger charge is 2.36. The number of amides is 4. The van der Waals surface area contributed by atoms with Gasteiger partial charge in [-0.2, -0.15) is 0 Å². The van der Waals surface area contributed by atoms with Crippen LogP contribution in [0.5, 0.6) is 0 Å². The number of anilines is 2. The van der Waals surface area contributed by atoms with Crippen LogP contribution < -0.4 is 10.6 Å². The van der Waals surface area contributed by atoms with Gasteiger partial charge < -0.3 is 10.6 Å². The Kier molecular flexibility index (Phi) is 3.57. The Morgan fingerprint density at radius 1 is 1.08 bits per heavy atom. The smallest absolute Gasteiger partial charge is 0.262 e. The van der Waals surface area contributed by atoms with Crippen LogP contribution in [0.1, 0.15) is 39.1 Å². The van der Waals surface area contributed by atoms with E-state index in [0.29, 0.717) is 16.8 Å². The maximum absolute atomic E-state index is 12.3. The predicted molar refractivity (Wildman–Crippen MR) is 93.9 cm³/mol. The summed E-state index contributed by atoms with van der Waals surface area (Å²) in [6.45, 7) is 1.42. The van der Waals surface area contributed by atoms with Crippen LogP contribution in [0.2, 0.25) is 0 Å². The monoisotopic (exact) mass is 349 g/mol. The lowest BCUT2D eigenvalue weighted by Crippen LogP contribution is -2.37. The number of fused-ring (bicyclic) bond motifs is 2. The van der Waals surface area contributed by atoms with E-state index in [1.807, 2.05) is 0 Å². The minimum absolute atomic E-state index is 0.0884. The number of benzene rings is 2. The van der Waals surface area contributed by atoms with Gasteiger partial charge in [-0.05, 0) is 42.8 Å². The Morgan fingerprint density at radius 2 is 1.73 bits per heavy atom. The number of imide groups is 1. The van der Waals surface area contributed by atoms with Crippen molar-refractivity contribution in [3.05, 3.63) is 59.2 Å². The molecule has 1 unspecified atom stereocenters. The number of nitrogens with one attached hydrogen (secondary N) is 2. The fraction of sp³-hybridized carbons (Fsp3) is 0.158. The van der Waals surface area contributed by atoms with E-state index in [2.05, 4.69) is 10.6 Å². The molecule has 1 atom stereocenters. The van der Waals surface area contributed by atoms with E-state index in [9.17, 15) is 19.2 Å². The van der Waals surface area contributed by atoms with Crippen molar-refractivity contribution in [1.29, 1.82) is 0 Å². The van der Waals surface area contributed by atoms with Gasteiger partial charge in [-0.1, -0.05) is 12.1 Å². The Labute approximate surface area is 149 Å². The van der Waals surface area contributed by atoms with E-state index < -0.39 is 17.7 Å². The summed E-state index contributed by atoms with van der Waals surface area (Å²) in [5.74, 6) is -1.81. The molecule has 0 fully saturated rings. The largest absolute Gasteiger partial charge is 0.325 e. The van der Waals surface area contributed by atoms with Gasteiger partial charge in [0.1, 0.15) is 6.54 Å².